The molecule has 0 aliphatic carbocycles. The summed E-state index contributed by atoms with van der Waals surface area (Å²) >= 11 is 0. The van der Waals surface area contributed by atoms with E-state index in [2.05, 4.69) is 86.6 Å². The Labute approximate surface area is 144 Å². The van der Waals surface area contributed by atoms with Crippen LogP contribution in [0.4, 0.5) is 0 Å². The zero-order valence-electron chi connectivity index (χ0n) is 14.4. The van der Waals surface area contributed by atoms with Gasteiger partial charge in [-0.1, -0.05) is 80.6 Å². The molecule has 3 aromatic carbocycles. The zero-order valence-corrected chi connectivity index (χ0v) is 14.4. The number of hydrogen-bond donors (Lipinski definition) is 0. The second-order valence-corrected chi connectivity index (χ2v) is 6.23. The van der Waals surface area contributed by atoms with E-state index in [4.69, 9.17) is 4.74 Å². The van der Waals surface area contributed by atoms with E-state index in [0.29, 0.717) is 12.5 Å². The number of ether oxygens (including phenoxy) is 1. The third-order valence-corrected chi connectivity index (χ3v) is 4.53. The van der Waals surface area contributed by atoms with Crippen molar-refractivity contribution in [1.29, 1.82) is 0 Å². The van der Waals surface area contributed by atoms with Crippen LogP contribution < -0.4 is 4.74 Å². The van der Waals surface area contributed by atoms with Gasteiger partial charge in [-0.25, -0.2) is 0 Å². The summed E-state index contributed by atoms with van der Waals surface area (Å²) in [5.74, 6) is 1.53. The molecule has 1 unspecified atom stereocenters. The molecule has 0 N–H and O–H groups in total. The van der Waals surface area contributed by atoms with Crippen LogP contribution in [0.2, 0.25) is 0 Å². The Hall–Kier alpha value is -2.54. The Bertz CT molecular complexity index is 742. The van der Waals surface area contributed by atoms with Crippen molar-refractivity contribution in [2.45, 2.75) is 32.8 Å². The maximum atomic E-state index is 5.91. The van der Waals surface area contributed by atoms with Gasteiger partial charge in [0.15, 0.2) is 0 Å². The maximum absolute atomic E-state index is 5.91. The van der Waals surface area contributed by atoms with Gasteiger partial charge in [0.05, 0.1) is 0 Å². The highest BCUT2D eigenvalue weighted by atomic mass is 16.5. The van der Waals surface area contributed by atoms with Crippen molar-refractivity contribution in [3.05, 3.63) is 90.0 Å². The van der Waals surface area contributed by atoms with Gasteiger partial charge in [0.25, 0.3) is 0 Å². The molecule has 0 aliphatic rings. The molecule has 1 nitrogen and oxygen atoms in total. The molecule has 0 aliphatic heterocycles. The minimum Gasteiger partial charge on any atom is -0.489 e. The molecule has 3 rings (SSSR count). The van der Waals surface area contributed by atoms with E-state index >= 15 is 0 Å². The zero-order chi connectivity index (χ0) is 16.8. The third-order valence-electron chi connectivity index (χ3n) is 4.53. The summed E-state index contributed by atoms with van der Waals surface area (Å²) in [6, 6.07) is 27.5. The van der Waals surface area contributed by atoms with Crippen LogP contribution >= 0.6 is 0 Å². The van der Waals surface area contributed by atoms with Gasteiger partial charge in [-0.2, -0.15) is 0 Å². The molecule has 0 saturated heterocycles. The lowest BCUT2D eigenvalue weighted by Gasteiger charge is -2.11. The van der Waals surface area contributed by atoms with Gasteiger partial charge in [0.1, 0.15) is 12.4 Å². The SMILES string of the molecule is CCC(C)c1ccc(OCc2ccc(-c3ccccc3)cc2)cc1. The van der Waals surface area contributed by atoms with Gasteiger partial charge in [-0.3, -0.25) is 0 Å². The fraction of sp³-hybridized carbons (Fsp3) is 0.217. The van der Waals surface area contributed by atoms with Crippen molar-refractivity contribution in [3.63, 3.8) is 0 Å². The third kappa shape index (κ3) is 4.05. The number of hydrogen-bond acceptors (Lipinski definition) is 1. The average Bonchev–Trinajstić information content (AvgIpc) is 2.67. The first-order valence-corrected chi connectivity index (χ1v) is 8.63. The summed E-state index contributed by atoms with van der Waals surface area (Å²) in [6.07, 6.45) is 1.16. The predicted molar refractivity (Wildman–Crippen MR) is 101 cm³/mol. The Kier molecular flexibility index (Phi) is 5.32. The Morgan fingerprint density at radius 1 is 0.750 bits per heavy atom. The first-order chi connectivity index (χ1) is 11.8. The molecule has 0 radical (unpaired) electrons. The molecule has 1 atom stereocenters. The highest BCUT2D eigenvalue weighted by Gasteiger charge is 2.03. The van der Waals surface area contributed by atoms with Gasteiger partial charge < -0.3 is 4.74 Å². The van der Waals surface area contributed by atoms with Gasteiger partial charge >= 0.3 is 0 Å². The summed E-state index contributed by atoms with van der Waals surface area (Å²) in [4.78, 5) is 0. The van der Waals surface area contributed by atoms with Crippen LogP contribution in [0.1, 0.15) is 37.3 Å². The van der Waals surface area contributed by atoms with E-state index in [1.165, 1.54) is 22.3 Å². The molecule has 0 fully saturated rings. The first-order valence-electron chi connectivity index (χ1n) is 8.63. The molecule has 0 amide bonds. The minimum absolute atomic E-state index is 0.595. The largest absolute Gasteiger partial charge is 0.489 e. The summed E-state index contributed by atoms with van der Waals surface area (Å²) in [6.45, 7) is 5.07. The minimum atomic E-state index is 0.595. The number of benzene rings is 3. The molecule has 0 heterocycles. The lowest BCUT2D eigenvalue weighted by Crippen LogP contribution is -1.96. The van der Waals surface area contributed by atoms with Crippen molar-refractivity contribution in [2.24, 2.45) is 0 Å². The summed E-state index contributed by atoms with van der Waals surface area (Å²) in [5.41, 5.74) is 5.03. The Morgan fingerprint density at radius 3 is 2.00 bits per heavy atom. The van der Waals surface area contributed by atoms with Crippen molar-refractivity contribution >= 4 is 0 Å². The van der Waals surface area contributed by atoms with E-state index < -0.39 is 0 Å². The molecule has 1 heteroatoms. The van der Waals surface area contributed by atoms with Gasteiger partial charge in [-0.15, -0.1) is 0 Å². The predicted octanol–water partition coefficient (Wildman–Crippen LogP) is 6.45. The van der Waals surface area contributed by atoms with Crippen LogP contribution in [-0.4, -0.2) is 0 Å². The fourth-order valence-corrected chi connectivity index (χ4v) is 2.72. The van der Waals surface area contributed by atoms with Crippen LogP contribution in [0.25, 0.3) is 11.1 Å². The monoisotopic (exact) mass is 316 g/mol. The van der Waals surface area contributed by atoms with Crippen LogP contribution in [0.5, 0.6) is 5.75 Å². The van der Waals surface area contributed by atoms with Crippen molar-refractivity contribution in [3.8, 4) is 16.9 Å². The van der Waals surface area contributed by atoms with Crippen LogP contribution in [-0.2, 0) is 6.61 Å². The fourth-order valence-electron chi connectivity index (χ4n) is 2.72. The summed E-state index contributed by atoms with van der Waals surface area (Å²) in [5, 5.41) is 0. The first kappa shape index (κ1) is 16.3. The van der Waals surface area contributed by atoms with E-state index in [0.717, 1.165) is 12.2 Å². The molecule has 0 spiro atoms. The summed E-state index contributed by atoms with van der Waals surface area (Å²) in [7, 11) is 0. The van der Waals surface area contributed by atoms with E-state index in [1.807, 2.05) is 6.07 Å². The quantitative estimate of drug-likeness (QED) is 0.508. The standard InChI is InChI=1S/C23H24O/c1-3-18(2)20-13-15-23(16-14-20)24-17-19-9-11-22(12-10-19)21-7-5-4-6-8-21/h4-16,18H,3,17H2,1-2H3. The van der Waals surface area contributed by atoms with Crippen molar-refractivity contribution < 1.29 is 4.74 Å². The number of rotatable bonds is 6. The van der Waals surface area contributed by atoms with Crippen molar-refractivity contribution in [1.82, 2.24) is 0 Å². The average molecular weight is 316 g/mol. The Morgan fingerprint density at radius 2 is 1.38 bits per heavy atom. The second kappa shape index (κ2) is 7.83. The smallest absolute Gasteiger partial charge is 0.119 e. The van der Waals surface area contributed by atoms with Crippen LogP contribution in [0.3, 0.4) is 0 Å². The van der Waals surface area contributed by atoms with Gasteiger partial charge in [-0.05, 0) is 46.7 Å². The lowest BCUT2D eigenvalue weighted by molar-refractivity contribution is 0.306. The lowest BCUT2D eigenvalue weighted by atomic mass is 9.99. The van der Waals surface area contributed by atoms with E-state index in [-0.39, 0.29) is 0 Å². The molecule has 0 aromatic heterocycles. The highest BCUT2D eigenvalue weighted by Crippen LogP contribution is 2.23. The van der Waals surface area contributed by atoms with Gasteiger partial charge in [0, 0.05) is 0 Å². The molecule has 0 saturated carbocycles. The molecular weight excluding hydrogens is 292 g/mol. The highest BCUT2D eigenvalue weighted by molar-refractivity contribution is 5.63. The topological polar surface area (TPSA) is 9.23 Å². The van der Waals surface area contributed by atoms with Gasteiger partial charge in [0.2, 0.25) is 0 Å². The van der Waals surface area contributed by atoms with E-state index in [9.17, 15) is 0 Å². The molecular formula is C23H24O. The molecule has 122 valence electrons. The summed E-state index contributed by atoms with van der Waals surface area (Å²) < 4.78 is 5.91. The maximum Gasteiger partial charge on any atom is 0.119 e. The molecule has 0 bridgehead atoms. The van der Waals surface area contributed by atoms with Crippen LogP contribution in [0, 0.1) is 0 Å². The van der Waals surface area contributed by atoms with Crippen LogP contribution in [0.15, 0.2) is 78.9 Å². The molecule has 24 heavy (non-hydrogen) atoms. The molecule has 3 aromatic rings. The second-order valence-electron chi connectivity index (χ2n) is 6.23. The van der Waals surface area contributed by atoms with Crippen molar-refractivity contribution in [2.75, 3.05) is 0 Å². The van der Waals surface area contributed by atoms with E-state index in [1.54, 1.807) is 0 Å². The normalized spacial score (nSPS) is 11.9. The Balaban J connectivity index is 1.61.